The van der Waals surface area contributed by atoms with Crippen molar-refractivity contribution < 1.29 is 9.31 Å². The number of nitrogens with one attached hydrogen (secondary N) is 1. The zero-order chi connectivity index (χ0) is 14.0. The molecule has 0 aliphatic heterocycles. The number of pyridine rings is 1. The first kappa shape index (κ1) is 13.4. The Morgan fingerprint density at radius 3 is 2.74 bits per heavy atom. The van der Waals surface area contributed by atoms with Crippen LogP contribution in [0.4, 0.5) is 15.9 Å². The lowest BCUT2D eigenvalue weighted by atomic mass is 10.1. The molecule has 0 aliphatic carbocycles. The van der Waals surface area contributed by atoms with E-state index in [9.17, 15) is 14.5 Å². The SMILES string of the molecule is CNc1cc([N+](=O)[O-])cc(-c2cc(Br)ccc2F)n1. The standard InChI is InChI=1S/C12H9BrFN3O2/c1-15-12-6-8(17(18)19)5-11(16-12)9-4-7(13)2-3-10(9)14/h2-6H,1H3,(H,15,16). The first-order valence-corrected chi connectivity index (χ1v) is 6.10. The predicted octanol–water partition coefficient (Wildman–Crippen LogP) is 3.60. The Kier molecular flexibility index (Phi) is 3.75. The van der Waals surface area contributed by atoms with E-state index in [1.807, 2.05) is 0 Å². The van der Waals surface area contributed by atoms with Crippen LogP contribution in [0.2, 0.25) is 0 Å². The minimum absolute atomic E-state index is 0.145. The van der Waals surface area contributed by atoms with Crippen LogP contribution >= 0.6 is 15.9 Å². The van der Waals surface area contributed by atoms with Gasteiger partial charge in [-0.1, -0.05) is 15.9 Å². The summed E-state index contributed by atoms with van der Waals surface area (Å²) in [6.07, 6.45) is 0. The van der Waals surface area contributed by atoms with Crippen LogP contribution in [0.5, 0.6) is 0 Å². The number of hydrogen-bond donors (Lipinski definition) is 1. The van der Waals surface area contributed by atoms with Crippen molar-refractivity contribution in [2.45, 2.75) is 0 Å². The molecule has 0 unspecified atom stereocenters. The topological polar surface area (TPSA) is 68.1 Å². The number of benzene rings is 1. The molecule has 0 bridgehead atoms. The molecule has 98 valence electrons. The lowest BCUT2D eigenvalue weighted by Crippen LogP contribution is -1.98. The molecule has 0 spiro atoms. The summed E-state index contributed by atoms with van der Waals surface area (Å²) in [5.74, 6) is -0.179. The lowest BCUT2D eigenvalue weighted by Gasteiger charge is -2.06. The molecule has 1 N–H and O–H groups in total. The minimum Gasteiger partial charge on any atom is -0.373 e. The average molecular weight is 326 g/mol. The Balaban J connectivity index is 2.64. The molecule has 2 aromatic rings. The van der Waals surface area contributed by atoms with Crippen LogP contribution in [0.25, 0.3) is 11.3 Å². The Morgan fingerprint density at radius 1 is 1.37 bits per heavy atom. The van der Waals surface area contributed by atoms with Crippen LogP contribution in [-0.4, -0.2) is 17.0 Å². The summed E-state index contributed by atoms with van der Waals surface area (Å²) in [4.78, 5) is 14.4. The van der Waals surface area contributed by atoms with Crippen LogP contribution in [0, 0.1) is 15.9 Å². The molecule has 0 saturated heterocycles. The van der Waals surface area contributed by atoms with Crippen LogP contribution in [-0.2, 0) is 0 Å². The van der Waals surface area contributed by atoms with E-state index in [1.165, 1.54) is 24.3 Å². The number of aromatic nitrogens is 1. The Morgan fingerprint density at radius 2 is 2.11 bits per heavy atom. The number of rotatable bonds is 3. The van der Waals surface area contributed by atoms with Gasteiger partial charge in [-0.2, -0.15) is 0 Å². The van der Waals surface area contributed by atoms with Crippen molar-refractivity contribution in [3.8, 4) is 11.3 Å². The molecule has 0 atom stereocenters. The van der Waals surface area contributed by atoms with Crippen molar-refractivity contribution in [3.63, 3.8) is 0 Å². The predicted molar refractivity (Wildman–Crippen MR) is 73.5 cm³/mol. The molecule has 1 aromatic carbocycles. The first-order chi connectivity index (χ1) is 9.01. The van der Waals surface area contributed by atoms with E-state index in [0.29, 0.717) is 10.3 Å². The number of nitro groups is 1. The van der Waals surface area contributed by atoms with E-state index in [2.05, 4.69) is 26.2 Å². The molecule has 0 saturated carbocycles. The highest BCUT2D eigenvalue weighted by molar-refractivity contribution is 9.10. The van der Waals surface area contributed by atoms with Crippen molar-refractivity contribution in [2.75, 3.05) is 12.4 Å². The maximum absolute atomic E-state index is 13.8. The summed E-state index contributed by atoms with van der Waals surface area (Å²) in [6, 6.07) is 6.89. The largest absolute Gasteiger partial charge is 0.373 e. The molecular formula is C12H9BrFN3O2. The fourth-order valence-corrected chi connectivity index (χ4v) is 1.94. The highest BCUT2D eigenvalue weighted by Crippen LogP contribution is 2.29. The Labute approximate surface area is 116 Å². The zero-order valence-electron chi connectivity index (χ0n) is 9.85. The summed E-state index contributed by atoms with van der Waals surface area (Å²) < 4.78 is 14.4. The fraction of sp³-hybridized carbons (Fsp3) is 0.0833. The van der Waals surface area contributed by atoms with E-state index in [4.69, 9.17) is 0 Å². The molecule has 1 aromatic heterocycles. The van der Waals surface area contributed by atoms with Gasteiger partial charge < -0.3 is 5.32 Å². The van der Waals surface area contributed by atoms with Crippen molar-refractivity contribution in [3.05, 3.63) is 50.7 Å². The van der Waals surface area contributed by atoms with Gasteiger partial charge in [0.1, 0.15) is 11.6 Å². The third-order valence-electron chi connectivity index (χ3n) is 2.48. The van der Waals surface area contributed by atoms with Gasteiger partial charge in [-0.25, -0.2) is 9.37 Å². The van der Waals surface area contributed by atoms with Gasteiger partial charge in [0, 0.05) is 23.2 Å². The summed E-state index contributed by atoms with van der Waals surface area (Å²) in [7, 11) is 1.59. The van der Waals surface area contributed by atoms with Crippen molar-refractivity contribution in [1.82, 2.24) is 4.98 Å². The van der Waals surface area contributed by atoms with Gasteiger partial charge in [-0.3, -0.25) is 10.1 Å². The molecule has 19 heavy (non-hydrogen) atoms. The van der Waals surface area contributed by atoms with Crippen LogP contribution in [0.1, 0.15) is 0 Å². The zero-order valence-corrected chi connectivity index (χ0v) is 11.4. The molecule has 7 heteroatoms. The second kappa shape index (κ2) is 5.31. The van der Waals surface area contributed by atoms with E-state index >= 15 is 0 Å². The highest BCUT2D eigenvalue weighted by atomic mass is 79.9. The number of halogens is 2. The summed E-state index contributed by atoms with van der Waals surface area (Å²) in [5.41, 5.74) is 0.264. The second-order valence-corrected chi connectivity index (χ2v) is 4.64. The summed E-state index contributed by atoms with van der Waals surface area (Å²) in [6.45, 7) is 0. The van der Waals surface area contributed by atoms with E-state index in [-0.39, 0.29) is 16.9 Å². The first-order valence-electron chi connectivity index (χ1n) is 5.31. The summed E-state index contributed by atoms with van der Waals surface area (Å²) >= 11 is 3.23. The van der Waals surface area contributed by atoms with E-state index in [0.717, 1.165) is 0 Å². The number of anilines is 1. The van der Waals surface area contributed by atoms with Gasteiger partial charge in [-0.15, -0.1) is 0 Å². The molecule has 0 radical (unpaired) electrons. The molecular weight excluding hydrogens is 317 g/mol. The normalized spacial score (nSPS) is 10.3. The summed E-state index contributed by atoms with van der Waals surface area (Å²) in [5, 5.41) is 13.6. The Hall–Kier alpha value is -2.02. The van der Waals surface area contributed by atoms with Crippen molar-refractivity contribution in [1.29, 1.82) is 0 Å². The van der Waals surface area contributed by atoms with Crippen LogP contribution in [0.3, 0.4) is 0 Å². The highest BCUT2D eigenvalue weighted by Gasteiger charge is 2.14. The van der Waals surface area contributed by atoms with Gasteiger partial charge in [0.05, 0.1) is 16.7 Å². The molecule has 1 heterocycles. The molecule has 2 rings (SSSR count). The van der Waals surface area contributed by atoms with Gasteiger partial charge >= 0.3 is 0 Å². The molecule has 0 amide bonds. The number of nitrogens with zero attached hydrogens (tertiary/aromatic N) is 2. The molecule has 0 aliphatic rings. The van der Waals surface area contributed by atoms with Crippen LogP contribution < -0.4 is 5.32 Å². The Bertz CT molecular complexity index is 649. The van der Waals surface area contributed by atoms with Crippen molar-refractivity contribution >= 4 is 27.4 Å². The maximum Gasteiger partial charge on any atom is 0.275 e. The van der Waals surface area contributed by atoms with E-state index < -0.39 is 10.7 Å². The van der Waals surface area contributed by atoms with Crippen molar-refractivity contribution in [2.24, 2.45) is 0 Å². The van der Waals surface area contributed by atoms with Gasteiger partial charge in [0.25, 0.3) is 5.69 Å². The minimum atomic E-state index is -0.540. The lowest BCUT2D eigenvalue weighted by molar-refractivity contribution is -0.384. The number of hydrogen-bond acceptors (Lipinski definition) is 4. The third-order valence-corrected chi connectivity index (χ3v) is 2.97. The smallest absolute Gasteiger partial charge is 0.275 e. The molecule has 5 nitrogen and oxygen atoms in total. The van der Waals surface area contributed by atoms with Gasteiger partial charge in [0.15, 0.2) is 0 Å². The van der Waals surface area contributed by atoms with Gasteiger partial charge in [-0.05, 0) is 18.2 Å². The van der Waals surface area contributed by atoms with Gasteiger partial charge in [0.2, 0.25) is 0 Å². The maximum atomic E-state index is 13.8. The van der Waals surface area contributed by atoms with Crippen LogP contribution in [0.15, 0.2) is 34.8 Å². The quantitative estimate of drug-likeness (QED) is 0.691. The fourth-order valence-electron chi connectivity index (χ4n) is 1.58. The van der Waals surface area contributed by atoms with E-state index in [1.54, 1.807) is 13.1 Å². The third kappa shape index (κ3) is 2.87. The molecule has 0 fully saturated rings. The monoisotopic (exact) mass is 325 g/mol. The average Bonchev–Trinajstić information content (AvgIpc) is 2.40. The second-order valence-electron chi connectivity index (χ2n) is 3.73.